The number of thioether (sulfide) groups is 1. The molecule has 0 bridgehead atoms. The predicted molar refractivity (Wildman–Crippen MR) is 110 cm³/mol. The number of hydrogen-bond acceptors (Lipinski definition) is 5. The van der Waals surface area contributed by atoms with Crippen LogP contribution in [0.25, 0.3) is 0 Å². The third kappa shape index (κ3) is 5.29. The van der Waals surface area contributed by atoms with E-state index in [1.807, 2.05) is 19.2 Å². The summed E-state index contributed by atoms with van der Waals surface area (Å²) in [7, 11) is -3.94. The van der Waals surface area contributed by atoms with E-state index in [-0.39, 0.29) is 20.5 Å². The Hall–Kier alpha value is -1.75. The zero-order chi connectivity index (χ0) is 22.9. The summed E-state index contributed by atoms with van der Waals surface area (Å²) in [5.74, 6) is -1.74. The van der Waals surface area contributed by atoms with Gasteiger partial charge in [0, 0.05) is 10.1 Å². The number of hydrogen-bond donors (Lipinski definition) is 2. The number of carbonyl (C=O) groups is 1. The molecule has 30 heavy (non-hydrogen) atoms. The summed E-state index contributed by atoms with van der Waals surface area (Å²) in [6.45, 7) is 4.31. The Kier molecular flexibility index (Phi) is 7.17. The molecule has 2 aromatic rings. The third-order valence-corrected chi connectivity index (χ3v) is 7.09. The fourth-order valence-electron chi connectivity index (χ4n) is 2.24. The molecule has 164 valence electrons. The lowest BCUT2D eigenvalue weighted by Gasteiger charge is -2.25. The van der Waals surface area contributed by atoms with Crippen molar-refractivity contribution in [3.8, 4) is 0 Å². The molecule has 0 aliphatic carbocycles. The third-order valence-electron chi connectivity index (χ3n) is 4.00. The van der Waals surface area contributed by atoms with E-state index in [1.165, 1.54) is 12.1 Å². The number of alkyl halides is 3. The molecule has 0 saturated carbocycles. The van der Waals surface area contributed by atoms with Gasteiger partial charge in [-0.25, -0.2) is 8.42 Å². The summed E-state index contributed by atoms with van der Waals surface area (Å²) in [5, 5.41) is 11.3. The summed E-state index contributed by atoms with van der Waals surface area (Å²) in [6.07, 6.45) is -5.20. The van der Waals surface area contributed by atoms with Crippen LogP contribution in [0.3, 0.4) is 0 Å². The number of amides is 1. The fraction of sp³-hybridized carbons (Fsp3) is 0.316. The Morgan fingerprint density at radius 3 is 2.10 bits per heavy atom. The number of carbonyl (C=O) groups excluding carboxylic acids is 1. The molecule has 0 radical (unpaired) electrons. The van der Waals surface area contributed by atoms with Crippen molar-refractivity contribution in [2.75, 3.05) is 5.32 Å². The van der Waals surface area contributed by atoms with Crippen LogP contribution in [0.4, 0.5) is 18.9 Å². The second-order valence-corrected chi connectivity index (χ2v) is 10.8. The van der Waals surface area contributed by atoms with Crippen molar-refractivity contribution in [1.29, 1.82) is 0 Å². The second kappa shape index (κ2) is 8.78. The first kappa shape index (κ1) is 24.5. The smallest absolute Gasteiger partial charge is 0.373 e. The molecular formula is C19H19ClF3NO4S2. The summed E-state index contributed by atoms with van der Waals surface area (Å²) in [5.41, 5.74) is -3.91. The average Bonchev–Trinajstić information content (AvgIpc) is 2.62. The van der Waals surface area contributed by atoms with Gasteiger partial charge in [0.1, 0.15) is 0 Å². The summed E-state index contributed by atoms with van der Waals surface area (Å²) < 4.78 is 63.9. The van der Waals surface area contributed by atoms with Crippen LogP contribution in [0.2, 0.25) is 5.02 Å². The lowest BCUT2D eigenvalue weighted by Crippen LogP contribution is -2.52. The van der Waals surface area contributed by atoms with Crippen LogP contribution in [-0.2, 0) is 14.6 Å². The van der Waals surface area contributed by atoms with Gasteiger partial charge in [0.25, 0.3) is 5.91 Å². The largest absolute Gasteiger partial charge is 0.426 e. The molecule has 0 aliphatic rings. The normalized spacial score (nSPS) is 14.4. The summed E-state index contributed by atoms with van der Waals surface area (Å²) in [4.78, 5) is 12.5. The molecule has 5 nitrogen and oxygen atoms in total. The van der Waals surface area contributed by atoms with Crippen LogP contribution in [0.15, 0.2) is 57.2 Å². The molecule has 2 aromatic carbocycles. The lowest BCUT2D eigenvalue weighted by molar-refractivity contribution is -0.242. The van der Waals surface area contributed by atoms with E-state index in [0.717, 1.165) is 23.1 Å². The number of aliphatic hydroxyl groups is 1. The van der Waals surface area contributed by atoms with E-state index in [1.54, 1.807) is 23.9 Å². The molecule has 2 rings (SSSR count). The zero-order valence-corrected chi connectivity index (χ0v) is 18.5. The Morgan fingerprint density at radius 2 is 1.63 bits per heavy atom. The molecule has 0 fully saturated rings. The molecule has 0 unspecified atom stereocenters. The minimum Gasteiger partial charge on any atom is -0.373 e. The highest BCUT2D eigenvalue weighted by molar-refractivity contribution is 7.99. The Morgan fingerprint density at radius 1 is 1.10 bits per heavy atom. The first-order valence-electron chi connectivity index (χ1n) is 8.58. The molecule has 1 amide bonds. The van der Waals surface area contributed by atoms with Gasteiger partial charge < -0.3 is 10.4 Å². The van der Waals surface area contributed by atoms with Gasteiger partial charge in [-0.3, -0.25) is 4.79 Å². The van der Waals surface area contributed by atoms with Crippen molar-refractivity contribution in [2.45, 2.75) is 52.5 Å². The first-order valence-corrected chi connectivity index (χ1v) is 11.3. The van der Waals surface area contributed by atoms with Crippen LogP contribution in [0, 0.1) is 0 Å². The zero-order valence-electron chi connectivity index (χ0n) is 16.1. The van der Waals surface area contributed by atoms with Gasteiger partial charge in [0.2, 0.25) is 15.4 Å². The van der Waals surface area contributed by atoms with E-state index in [0.29, 0.717) is 12.2 Å². The number of rotatable bonds is 6. The van der Waals surface area contributed by atoms with Gasteiger partial charge in [0.15, 0.2) is 0 Å². The predicted octanol–water partition coefficient (Wildman–Crippen LogP) is 4.93. The minimum atomic E-state index is -5.20. The Bertz CT molecular complexity index is 1040. The van der Waals surface area contributed by atoms with Gasteiger partial charge in [-0.05, 0) is 49.4 Å². The molecule has 0 saturated heterocycles. The highest BCUT2D eigenvalue weighted by Gasteiger charge is 2.55. The standard InChI is InChI=1S/C19H19ClF3NO4S2/c1-11(2)29-12-4-6-13(7-5-12)30(27,28)14-8-9-16(15(20)10-14)24-17(25)18(3,26)19(21,22)23/h4-11,26H,1-3H3,(H,24,25)/t18-/m1/s1. The van der Waals surface area contributed by atoms with E-state index in [4.69, 9.17) is 11.6 Å². The van der Waals surface area contributed by atoms with Crippen molar-refractivity contribution in [1.82, 2.24) is 0 Å². The fourth-order valence-corrected chi connectivity index (χ4v) is 4.66. The van der Waals surface area contributed by atoms with Gasteiger partial charge in [-0.2, -0.15) is 13.2 Å². The Balaban J connectivity index is 2.28. The number of anilines is 1. The number of sulfone groups is 1. The number of halogens is 4. The SMILES string of the molecule is CC(C)Sc1ccc(S(=O)(=O)c2ccc(NC(=O)[C@@](C)(O)C(F)(F)F)c(Cl)c2)cc1. The lowest BCUT2D eigenvalue weighted by atomic mass is 10.1. The Labute approximate surface area is 181 Å². The summed E-state index contributed by atoms with van der Waals surface area (Å²) in [6, 6.07) is 9.43. The minimum absolute atomic E-state index is 0.0171. The van der Waals surface area contributed by atoms with E-state index in [2.05, 4.69) is 0 Å². The van der Waals surface area contributed by atoms with Crippen LogP contribution in [0.1, 0.15) is 20.8 Å². The maximum absolute atomic E-state index is 12.8. The molecule has 0 heterocycles. The topological polar surface area (TPSA) is 83.5 Å². The molecule has 2 N–H and O–H groups in total. The molecule has 0 aromatic heterocycles. The van der Waals surface area contributed by atoms with Crippen LogP contribution < -0.4 is 5.32 Å². The van der Waals surface area contributed by atoms with E-state index < -0.39 is 27.5 Å². The summed E-state index contributed by atoms with van der Waals surface area (Å²) >= 11 is 7.54. The van der Waals surface area contributed by atoms with Gasteiger partial charge >= 0.3 is 6.18 Å². The van der Waals surface area contributed by atoms with Crippen molar-refractivity contribution in [2.24, 2.45) is 0 Å². The highest BCUT2D eigenvalue weighted by Crippen LogP contribution is 2.34. The van der Waals surface area contributed by atoms with Crippen LogP contribution in [-0.4, -0.2) is 36.5 Å². The quantitative estimate of drug-likeness (QED) is 0.572. The number of nitrogens with one attached hydrogen (secondary N) is 1. The van der Waals surface area contributed by atoms with Crippen LogP contribution in [0.5, 0.6) is 0 Å². The molecule has 0 spiro atoms. The van der Waals surface area contributed by atoms with Crippen molar-refractivity contribution in [3.63, 3.8) is 0 Å². The van der Waals surface area contributed by atoms with Crippen molar-refractivity contribution >= 4 is 44.8 Å². The average molecular weight is 482 g/mol. The molecule has 0 aliphatic heterocycles. The monoisotopic (exact) mass is 481 g/mol. The second-order valence-electron chi connectivity index (χ2n) is 6.81. The number of benzene rings is 2. The van der Waals surface area contributed by atoms with Crippen LogP contribution >= 0.6 is 23.4 Å². The van der Waals surface area contributed by atoms with E-state index in [9.17, 15) is 31.5 Å². The van der Waals surface area contributed by atoms with Gasteiger partial charge in [0.05, 0.1) is 20.5 Å². The van der Waals surface area contributed by atoms with Gasteiger partial charge in [-0.1, -0.05) is 25.4 Å². The maximum atomic E-state index is 12.8. The van der Waals surface area contributed by atoms with E-state index >= 15 is 0 Å². The molecule has 1 atom stereocenters. The maximum Gasteiger partial charge on any atom is 0.426 e. The highest BCUT2D eigenvalue weighted by atomic mass is 35.5. The van der Waals surface area contributed by atoms with Crippen molar-refractivity contribution in [3.05, 3.63) is 47.5 Å². The van der Waals surface area contributed by atoms with Gasteiger partial charge in [-0.15, -0.1) is 11.8 Å². The molecule has 11 heteroatoms. The first-order chi connectivity index (χ1) is 13.7. The molecular weight excluding hydrogens is 463 g/mol. The van der Waals surface area contributed by atoms with Crippen molar-refractivity contribution < 1.29 is 31.5 Å².